The first-order valence-electron chi connectivity index (χ1n) is 11.4. The minimum Gasteiger partial charge on any atom is -0.350 e. The summed E-state index contributed by atoms with van der Waals surface area (Å²) in [5.74, 6) is -1.35. The van der Waals surface area contributed by atoms with E-state index in [9.17, 15) is 19.2 Å². The molecule has 0 radical (unpaired) electrons. The second-order valence-corrected chi connectivity index (χ2v) is 10.4. The Morgan fingerprint density at radius 3 is 2.03 bits per heavy atom. The van der Waals surface area contributed by atoms with Crippen LogP contribution in [0, 0.1) is 0 Å². The monoisotopic (exact) mass is 517 g/mol. The van der Waals surface area contributed by atoms with E-state index in [1.807, 2.05) is 20.8 Å². The van der Waals surface area contributed by atoms with Crippen LogP contribution in [0.15, 0.2) is 42.5 Å². The lowest BCUT2D eigenvalue weighted by Crippen LogP contribution is -2.52. The van der Waals surface area contributed by atoms with E-state index in [0.29, 0.717) is 26.7 Å². The van der Waals surface area contributed by atoms with E-state index in [2.05, 4.69) is 5.32 Å². The quantitative estimate of drug-likeness (QED) is 0.514. The molecule has 35 heavy (non-hydrogen) atoms. The molecule has 7 nitrogen and oxygen atoms in total. The Labute approximate surface area is 215 Å². The summed E-state index contributed by atoms with van der Waals surface area (Å²) in [5.41, 5.74) is 0.797. The zero-order valence-electron chi connectivity index (χ0n) is 20.2. The molecule has 1 atom stereocenters. The highest BCUT2D eigenvalue weighted by atomic mass is 35.5. The van der Waals surface area contributed by atoms with Gasteiger partial charge in [-0.05, 0) is 58.4 Å². The Balaban J connectivity index is 1.73. The third kappa shape index (κ3) is 6.21. The van der Waals surface area contributed by atoms with Crippen LogP contribution >= 0.6 is 23.2 Å². The minimum atomic E-state index is -0.798. The summed E-state index contributed by atoms with van der Waals surface area (Å²) < 4.78 is 0. The Kier molecular flexibility index (Phi) is 8.23. The van der Waals surface area contributed by atoms with Gasteiger partial charge in [-0.15, -0.1) is 0 Å². The predicted molar refractivity (Wildman–Crippen MR) is 135 cm³/mol. The number of carbonyl (C=O) groups is 4. The SMILES string of the molecule is C[C@H](C(=O)NC(C)(C)C)N(Cc1c(Cl)cccc1Cl)C(=O)CCCN1C(=O)c2ccccc2C1=O. The average Bonchev–Trinajstić information content (AvgIpc) is 3.02. The van der Waals surface area contributed by atoms with Gasteiger partial charge >= 0.3 is 0 Å². The molecule has 0 bridgehead atoms. The molecule has 0 saturated heterocycles. The van der Waals surface area contributed by atoms with Gasteiger partial charge in [-0.3, -0.25) is 24.1 Å². The summed E-state index contributed by atoms with van der Waals surface area (Å²) in [7, 11) is 0. The zero-order chi connectivity index (χ0) is 25.9. The Morgan fingerprint density at radius 1 is 0.971 bits per heavy atom. The van der Waals surface area contributed by atoms with Crippen LogP contribution in [0.3, 0.4) is 0 Å². The fourth-order valence-corrected chi connectivity index (χ4v) is 4.40. The molecule has 2 aromatic carbocycles. The summed E-state index contributed by atoms with van der Waals surface area (Å²) >= 11 is 12.7. The number of benzene rings is 2. The Hall–Kier alpha value is -2.90. The van der Waals surface area contributed by atoms with Crippen molar-refractivity contribution in [1.29, 1.82) is 0 Å². The number of hydrogen-bond acceptors (Lipinski definition) is 4. The van der Waals surface area contributed by atoms with E-state index < -0.39 is 11.6 Å². The van der Waals surface area contributed by atoms with Crippen molar-refractivity contribution < 1.29 is 19.2 Å². The molecule has 0 saturated carbocycles. The number of halogens is 2. The lowest BCUT2D eigenvalue weighted by Gasteiger charge is -2.32. The molecule has 1 aliphatic rings. The van der Waals surface area contributed by atoms with Crippen molar-refractivity contribution >= 4 is 46.8 Å². The second kappa shape index (κ2) is 10.8. The van der Waals surface area contributed by atoms with Gasteiger partial charge in [0.05, 0.1) is 11.1 Å². The van der Waals surface area contributed by atoms with Crippen molar-refractivity contribution in [3.63, 3.8) is 0 Å². The van der Waals surface area contributed by atoms with Gasteiger partial charge in [0.25, 0.3) is 11.8 Å². The van der Waals surface area contributed by atoms with E-state index >= 15 is 0 Å². The van der Waals surface area contributed by atoms with Crippen molar-refractivity contribution in [3.05, 3.63) is 69.2 Å². The van der Waals surface area contributed by atoms with Crippen LogP contribution in [0.4, 0.5) is 0 Å². The van der Waals surface area contributed by atoms with Gasteiger partial charge in [0, 0.05) is 40.7 Å². The molecule has 3 rings (SSSR count). The first-order valence-corrected chi connectivity index (χ1v) is 12.2. The summed E-state index contributed by atoms with van der Waals surface area (Å²) in [5, 5.41) is 3.68. The number of imide groups is 1. The van der Waals surface area contributed by atoms with Crippen LogP contribution in [0.2, 0.25) is 10.0 Å². The first-order chi connectivity index (χ1) is 16.4. The van der Waals surface area contributed by atoms with Crippen molar-refractivity contribution in [3.8, 4) is 0 Å². The zero-order valence-corrected chi connectivity index (χ0v) is 21.7. The van der Waals surface area contributed by atoms with Crippen molar-refractivity contribution in [2.75, 3.05) is 6.54 Å². The molecule has 0 aromatic heterocycles. The highest BCUT2D eigenvalue weighted by Gasteiger charge is 2.35. The van der Waals surface area contributed by atoms with Crippen LogP contribution in [-0.2, 0) is 16.1 Å². The Bertz CT molecular complexity index is 1100. The van der Waals surface area contributed by atoms with E-state index in [1.165, 1.54) is 4.90 Å². The standard InChI is InChI=1S/C26H29Cl2N3O4/c1-16(23(33)29-26(2,3)4)31(15-19-20(27)11-7-12-21(19)28)22(32)13-8-14-30-24(34)17-9-5-6-10-18(17)25(30)35/h5-7,9-12,16H,8,13-15H2,1-4H3,(H,29,33)/t16-/m1/s1. The number of hydrogen-bond donors (Lipinski definition) is 1. The molecule has 186 valence electrons. The van der Waals surface area contributed by atoms with E-state index in [0.717, 1.165) is 4.90 Å². The van der Waals surface area contributed by atoms with Crippen LogP contribution in [-0.4, -0.2) is 51.6 Å². The number of carbonyl (C=O) groups excluding carboxylic acids is 4. The predicted octanol–water partition coefficient (Wildman–Crippen LogP) is 4.70. The van der Waals surface area contributed by atoms with Crippen molar-refractivity contribution in [2.24, 2.45) is 0 Å². The fourth-order valence-electron chi connectivity index (χ4n) is 3.88. The molecule has 2 aromatic rings. The summed E-state index contributed by atoms with van der Waals surface area (Å²) in [6, 6.07) is 10.9. The van der Waals surface area contributed by atoms with Gasteiger partial charge in [-0.1, -0.05) is 41.4 Å². The molecular weight excluding hydrogens is 489 g/mol. The topological polar surface area (TPSA) is 86.8 Å². The Morgan fingerprint density at radius 2 is 1.51 bits per heavy atom. The number of rotatable bonds is 8. The summed E-state index contributed by atoms with van der Waals surface area (Å²) in [6.45, 7) is 7.36. The molecule has 0 unspecified atom stereocenters. The lowest BCUT2D eigenvalue weighted by molar-refractivity contribution is -0.141. The van der Waals surface area contributed by atoms with E-state index in [-0.39, 0.29) is 49.6 Å². The van der Waals surface area contributed by atoms with Gasteiger partial charge in [0.2, 0.25) is 11.8 Å². The molecule has 0 fully saturated rings. The maximum atomic E-state index is 13.3. The molecular formula is C26H29Cl2N3O4. The summed E-state index contributed by atoms with van der Waals surface area (Å²) in [4.78, 5) is 54.0. The van der Waals surface area contributed by atoms with Gasteiger partial charge in [0.15, 0.2) is 0 Å². The van der Waals surface area contributed by atoms with Crippen LogP contribution < -0.4 is 5.32 Å². The largest absolute Gasteiger partial charge is 0.350 e. The van der Waals surface area contributed by atoms with Crippen molar-refractivity contribution in [1.82, 2.24) is 15.1 Å². The highest BCUT2D eigenvalue weighted by molar-refractivity contribution is 6.36. The highest BCUT2D eigenvalue weighted by Crippen LogP contribution is 2.27. The minimum absolute atomic E-state index is 0.0304. The van der Waals surface area contributed by atoms with Gasteiger partial charge in [0.1, 0.15) is 6.04 Å². The average molecular weight is 518 g/mol. The number of amides is 4. The van der Waals surface area contributed by atoms with Gasteiger partial charge < -0.3 is 10.2 Å². The molecule has 1 N–H and O–H groups in total. The number of nitrogens with zero attached hydrogens (tertiary/aromatic N) is 2. The summed E-state index contributed by atoms with van der Waals surface area (Å²) in [6.07, 6.45) is 0.285. The lowest BCUT2D eigenvalue weighted by atomic mass is 10.1. The van der Waals surface area contributed by atoms with Gasteiger partial charge in [-0.2, -0.15) is 0 Å². The maximum absolute atomic E-state index is 13.3. The molecule has 4 amide bonds. The molecule has 1 aliphatic heterocycles. The van der Waals surface area contributed by atoms with Crippen LogP contribution in [0.25, 0.3) is 0 Å². The van der Waals surface area contributed by atoms with Crippen molar-refractivity contribution in [2.45, 2.75) is 58.7 Å². The van der Waals surface area contributed by atoms with Gasteiger partial charge in [-0.25, -0.2) is 0 Å². The molecule has 9 heteroatoms. The molecule has 1 heterocycles. The second-order valence-electron chi connectivity index (χ2n) is 9.55. The van der Waals surface area contributed by atoms with E-state index in [1.54, 1.807) is 49.4 Å². The van der Waals surface area contributed by atoms with Crippen LogP contribution in [0.5, 0.6) is 0 Å². The van der Waals surface area contributed by atoms with E-state index in [4.69, 9.17) is 23.2 Å². The van der Waals surface area contributed by atoms with Crippen LogP contribution in [0.1, 0.15) is 66.8 Å². The normalized spacial score (nSPS) is 14.1. The smallest absolute Gasteiger partial charge is 0.261 e. The first kappa shape index (κ1) is 26.7. The number of fused-ring (bicyclic) bond motifs is 1. The third-order valence-electron chi connectivity index (χ3n) is 5.71. The fraction of sp³-hybridized carbons (Fsp3) is 0.385. The number of nitrogens with one attached hydrogen (secondary N) is 1. The molecule has 0 aliphatic carbocycles. The maximum Gasteiger partial charge on any atom is 0.261 e. The molecule has 0 spiro atoms. The third-order valence-corrected chi connectivity index (χ3v) is 6.41.